The van der Waals surface area contributed by atoms with Gasteiger partial charge in [-0.05, 0) is 19.9 Å². The van der Waals surface area contributed by atoms with Crippen LogP contribution in [0, 0.1) is 0 Å². The molecule has 1 aliphatic rings. The summed E-state index contributed by atoms with van der Waals surface area (Å²) < 4.78 is 7.39. The van der Waals surface area contributed by atoms with Crippen LogP contribution < -0.4 is 5.73 Å². The summed E-state index contributed by atoms with van der Waals surface area (Å²) in [7, 11) is 2.09. The first-order chi connectivity index (χ1) is 8.28. The number of likely N-dealkylation sites (N-methyl/N-ethyl adjacent to an activating group) is 1. The Labute approximate surface area is 102 Å². The van der Waals surface area contributed by atoms with Crippen molar-refractivity contribution in [2.45, 2.75) is 32.0 Å². The minimum absolute atomic E-state index is 0.388. The highest BCUT2D eigenvalue weighted by atomic mass is 16.5. The van der Waals surface area contributed by atoms with Gasteiger partial charge in [0.1, 0.15) is 0 Å². The molecular weight excluding hydrogens is 218 g/mol. The van der Waals surface area contributed by atoms with Crippen LogP contribution in [0.25, 0.3) is 0 Å². The number of nitrogens with two attached hydrogens (primary N) is 1. The van der Waals surface area contributed by atoms with E-state index < -0.39 is 0 Å². The number of ether oxygens (including phenoxy) is 1. The minimum atomic E-state index is 0.388. The molecule has 2 rings (SSSR count). The van der Waals surface area contributed by atoms with E-state index in [4.69, 9.17) is 10.5 Å². The molecule has 0 radical (unpaired) electrons. The van der Waals surface area contributed by atoms with Crippen molar-refractivity contribution >= 4 is 0 Å². The van der Waals surface area contributed by atoms with E-state index in [-0.39, 0.29) is 0 Å². The van der Waals surface area contributed by atoms with Gasteiger partial charge in [-0.2, -0.15) is 0 Å². The molecule has 0 spiro atoms. The second kappa shape index (κ2) is 6.09. The van der Waals surface area contributed by atoms with E-state index in [0.717, 1.165) is 31.9 Å². The van der Waals surface area contributed by atoms with Gasteiger partial charge in [0.15, 0.2) is 0 Å². The van der Waals surface area contributed by atoms with Gasteiger partial charge in [0, 0.05) is 32.4 Å². The predicted molar refractivity (Wildman–Crippen MR) is 64.4 cm³/mol. The molecule has 0 aliphatic carbocycles. The summed E-state index contributed by atoms with van der Waals surface area (Å²) >= 11 is 0. The van der Waals surface area contributed by atoms with Crippen LogP contribution in [-0.4, -0.2) is 52.7 Å². The largest absolute Gasteiger partial charge is 0.377 e. The highest BCUT2D eigenvalue weighted by molar-refractivity contribution is 4.92. The van der Waals surface area contributed by atoms with Crippen LogP contribution in [0.2, 0.25) is 0 Å². The molecule has 6 heteroatoms. The van der Waals surface area contributed by atoms with E-state index in [2.05, 4.69) is 22.3 Å². The Balaban J connectivity index is 1.78. The number of aromatic nitrogens is 3. The molecule has 6 nitrogen and oxygen atoms in total. The van der Waals surface area contributed by atoms with Gasteiger partial charge in [-0.25, -0.2) is 0 Å². The van der Waals surface area contributed by atoms with Crippen molar-refractivity contribution in [2.24, 2.45) is 5.73 Å². The third-order valence-corrected chi connectivity index (χ3v) is 2.92. The maximum atomic E-state index is 5.61. The molecule has 17 heavy (non-hydrogen) atoms. The number of hydrogen-bond donors (Lipinski definition) is 1. The van der Waals surface area contributed by atoms with Crippen LogP contribution >= 0.6 is 0 Å². The summed E-state index contributed by atoms with van der Waals surface area (Å²) in [6.45, 7) is 4.00. The third-order valence-electron chi connectivity index (χ3n) is 2.92. The molecule has 1 saturated heterocycles. The van der Waals surface area contributed by atoms with E-state index in [0.29, 0.717) is 12.6 Å². The molecule has 1 aromatic heterocycles. The number of rotatable bonds is 6. The number of nitrogens with zero attached hydrogens (tertiary/aromatic N) is 4. The van der Waals surface area contributed by atoms with Gasteiger partial charge >= 0.3 is 0 Å². The van der Waals surface area contributed by atoms with Gasteiger partial charge in [-0.3, -0.25) is 9.58 Å². The second-order valence-corrected chi connectivity index (χ2v) is 4.59. The molecular formula is C11H21N5O. The van der Waals surface area contributed by atoms with Gasteiger partial charge in [-0.15, -0.1) is 5.10 Å². The van der Waals surface area contributed by atoms with Crippen molar-refractivity contribution in [3.8, 4) is 0 Å². The molecule has 1 unspecified atom stereocenters. The Kier molecular flexibility index (Phi) is 4.47. The van der Waals surface area contributed by atoms with Crippen molar-refractivity contribution in [3.05, 3.63) is 11.9 Å². The normalized spacial score (nSPS) is 20.3. The minimum Gasteiger partial charge on any atom is -0.377 e. The standard InChI is InChI=1S/C11H21N5O/c1-15(9-11-3-2-6-17-11)7-10-8-16(5-4-12)14-13-10/h8,11H,2-7,9,12H2,1H3. The fourth-order valence-electron chi connectivity index (χ4n) is 2.13. The lowest BCUT2D eigenvalue weighted by Crippen LogP contribution is -2.28. The van der Waals surface area contributed by atoms with Crippen LogP contribution in [-0.2, 0) is 17.8 Å². The van der Waals surface area contributed by atoms with Gasteiger partial charge in [0.25, 0.3) is 0 Å². The van der Waals surface area contributed by atoms with Crippen LogP contribution in [0.15, 0.2) is 6.20 Å². The lowest BCUT2D eigenvalue weighted by Gasteiger charge is -2.18. The zero-order chi connectivity index (χ0) is 12.1. The maximum absolute atomic E-state index is 5.61. The van der Waals surface area contributed by atoms with Crippen molar-refractivity contribution in [1.82, 2.24) is 19.9 Å². The Hall–Kier alpha value is -0.980. The highest BCUT2D eigenvalue weighted by Gasteiger charge is 2.17. The molecule has 0 bridgehead atoms. The SMILES string of the molecule is CN(Cc1cn(CCN)nn1)CC1CCCO1. The highest BCUT2D eigenvalue weighted by Crippen LogP contribution is 2.13. The maximum Gasteiger partial charge on any atom is 0.0967 e. The fraction of sp³-hybridized carbons (Fsp3) is 0.818. The van der Waals surface area contributed by atoms with Crippen molar-refractivity contribution in [1.29, 1.82) is 0 Å². The predicted octanol–water partition coefficient (Wildman–Crippen LogP) is -0.152. The van der Waals surface area contributed by atoms with Gasteiger partial charge < -0.3 is 10.5 Å². The first-order valence-corrected chi connectivity index (χ1v) is 6.17. The van der Waals surface area contributed by atoms with Crippen LogP contribution in [0.5, 0.6) is 0 Å². The quantitative estimate of drug-likeness (QED) is 0.747. The van der Waals surface area contributed by atoms with E-state index >= 15 is 0 Å². The van der Waals surface area contributed by atoms with Crippen LogP contribution in [0.1, 0.15) is 18.5 Å². The summed E-state index contributed by atoms with van der Waals surface area (Å²) in [5, 5.41) is 8.14. The first kappa shape index (κ1) is 12.5. The first-order valence-electron chi connectivity index (χ1n) is 6.17. The molecule has 1 aliphatic heterocycles. The molecule has 0 amide bonds. The topological polar surface area (TPSA) is 69.2 Å². The summed E-state index contributed by atoms with van der Waals surface area (Å²) in [5.41, 5.74) is 6.45. The molecule has 1 aromatic rings. The van der Waals surface area contributed by atoms with Gasteiger partial charge in [0.05, 0.1) is 18.3 Å². The van der Waals surface area contributed by atoms with E-state index in [1.165, 1.54) is 12.8 Å². The van der Waals surface area contributed by atoms with Crippen molar-refractivity contribution in [2.75, 3.05) is 26.7 Å². The fourth-order valence-corrected chi connectivity index (χ4v) is 2.13. The molecule has 2 N–H and O–H groups in total. The zero-order valence-corrected chi connectivity index (χ0v) is 10.4. The van der Waals surface area contributed by atoms with Gasteiger partial charge in [-0.1, -0.05) is 5.21 Å². The lowest BCUT2D eigenvalue weighted by atomic mass is 10.2. The summed E-state index contributed by atoms with van der Waals surface area (Å²) in [6.07, 6.45) is 4.70. The zero-order valence-electron chi connectivity index (χ0n) is 10.4. The average Bonchev–Trinajstić information content (AvgIpc) is 2.91. The molecule has 0 aromatic carbocycles. The molecule has 96 valence electrons. The van der Waals surface area contributed by atoms with E-state index in [1.54, 1.807) is 4.68 Å². The lowest BCUT2D eigenvalue weighted by molar-refractivity contribution is 0.0790. The molecule has 2 heterocycles. The van der Waals surface area contributed by atoms with Gasteiger partial charge in [0.2, 0.25) is 0 Å². The van der Waals surface area contributed by atoms with Crippen LogP contribution in [0.4, 0.5) is 0 Å². The summed E-state index contributed by atoms with van der Waals surface area (Å²) in [5.74, 6) is 0. The second-order valence-electron chi connectivity index (χ2n) is 4.59. The van der Waals surface area contributed by atoms with Crippen molar-refractivity contribution in [3.63, 3.8) is 0 Å². The Bertz CT molecular complexity index is 334. The Morgan fingerprint density at radius 1 is 1.65 bits per heavy atom. The summed E-state index contributed by atoms with van der Waals surface area (Å²) in [4.78, 5) is 2.23. The Morgan fingerprint density at radius 2 is 2.53 bits per heavy atom. The summed E-state index contributed by atoms with van der Waals surface area (Å²) in [6, 6.07) is 0. The average molecular weight is 239 g/mol. The van der Waals surface area contributed by atoms with E-state index in [1.807, 2.05) is 6.20 Å². The van der Waals surface area contributed by atoms with Crippen LogP contribution in [0.3, 0.4) is 0 Å². The monoisotopic (exact) mass is 239 g/mol. The number of hydrogen-bond acceptors (Lipinski definition) is 5. The molecule has 1 atom stereocenters. The van der Waals surface area contributed by atoms with Crippen molar-refractivity contribution < 1.29 is 4.74 Å². The Morgan fingerprint density at radius 3 is 3.24 bits per heavy atom. The molecule has 1 fully saturated rings. The smallest absolute Gasteiger partial charge is 0.0967 e. The molecule has 0 saturated carbocycles. The van der Waals surface area contributed by atoms with E-state index in [9.17, 15) is 0 Å². The third kappa shape index (κ3) is 3.76.